The molecule has 1 saturated heterocycles. The highest BCUT2D eigenvalue weighted by atomic mass is 32.1. The molecule has 1 fully saturated rings. The molecule has 5 nitrogen and oxygen atoms in total. The standard InChI is InChI=1S/C22H24N2O3S/c1-15(2)27-17-10-8-16(9-11-17)24-21(25)19(18-7-6-14-28-18)20(22(24)26)23-12-4-3-5-13-23/h6-11,14-15H,3-5,12-13H2,1-2H3. The summed E-state index contributed by atoms with van der Waals surface area (Å²) < 4.78 is 5.68. The van der Waals surface area contributed by atoms with Crippen LogP contribution in [-0.2, 0) is 9.59 Å². The summed E-state index contributed by atoms with van der Waals surface area (Å²) in [5.41, 5.74) is 1.66. The highest BCUT2D eigenvalue weighted by Gasteiger charge is 2.43. The first-order valence-electron chi connectivity index (χ1n) is 9.75. The van der Waals surface area contributed by atoms with Crippen molar-refractivity contribution >= 4 is 34.4 Å². The normalized spacial score (nSPS) is 17.8. The summed E-state index contributed by atoms with van der Waals surface area (Å²) in [4.78, 5) is 30.9. The first-order valence-corrected chi connectivity index (χ1v) is 10.6. The van der Waals surface area contributed by atoms with Crippen molar-refractivity contribution in [2.45, 2.75) is 39.2 Å². The van der Waals surface area contributed by atoms with E-state index in [-0.39, 0.29) is 17.9 Å². The second-order valence-corrected chi connectivity index (χ2v) is 8.30. The van der Waals surface area contributed by atoms with Crippen LogP contribution in [0.2, 0.25) is 0 Å². The maximum absolute atomic E-state index is 13.4. The number of carbonyl (C=O) groups is 2. The molecule has 0 atom stereocenters. The largest absolute Gasteiger partial charge is 0.491 e. The number of imide groups is 1. The van der Waals surface area contributed by atoms with Crippen LogP contribution in [-0.4, -0.2) is 35.9 Å². The number of amides is 2. The van der Waals surface area contributed by atoms with Crippen molar-refractivity contribution in [3.05, 3.63) is 52.4 Å². The average Bonchev–Trinajstić information content (AvgIpc) is 3.29. The number of benzene rings is 1. The Kier molecular flexibility index (Phi) is 5.22. The van der Waals surface area contributed by atoms with E-state index >= 15 is 0 Å². The first-order chi connectivity index (χ1) is 13.6. The van der Waals surface area contributed by atoms with E-state index in [0.717, 1.165) is 36.6 Å². The van der Waals surface area contributed by atoms with Gasteiger partial charge in [-0.3, -0.25) is 9.59 Å². The van der Waals surface area contributed by atoms with Crippen LogP contribution in [0.3, 0.4) is 0 Å². The number of likely N-dealkylation sites (tertiary alicyclic amines) is 1. The molecule has 0 bridgehead atoms. The molecule has 146 valence electrons. The van der Waals surface area contributed by atoms with Gasteiger partial charge in [-0.2, -0.15) is 0 Å². The van der Waals surface area contributed by atoms with E-state index in [1.54, 1.807) is 24.3 Å². The van der Waals surface area contributed by atoms with Crippen LogP contribution in [0.4, 0.5) is 5.69 Å². The number of hydrogen-bond donors (Lipinski definition) is 0. The Morgan fingerprint density at radius 3 is 2.29 bits per heavy atom. The molecule has 0 spiro atoms. The second kappa shape index (κ2) is 7.80. The van der Waals surface area contributed by atoms with E-state index < -0.39 is 0 Å². The number of hydrogen-bond acceptors (Lipinski definition) is 5. The number of ether oxygens (including phenoxy) is 1. The van der Waals surface area contributed by atoms with E-state index in [2.05, 4.69) is 4.90 Å². The van der Waals surface area contributed by atoms with Crippen LogP contribution < -0.4 is 9.64 Å². The quantitative estimate of drug-likeness (QED) is 0.707. The Bertz CT molecular complexity index is 894. The molecule has 0 radical (unpaired) electrons. The Balaban J connectivity index is 1.70. The fraction of sp³-hybridized carbons (Fsp3) is 0.364. The summed E-state index contributed by atoms with van der Waals surface area (Å²) >= 11 is 1.50. The van der Waals surface area contributed by atoms with Gasteiger partial charge >= 0.3 is 0 Å². The number of thiophene rings is 1. The van der Waals surface area contributed by atoms with Gasteiger partial charge in [-0.15, -0.1) is 11.3 Å². The van der Waals surface area contributed by atoms with Crippen LogP contribution in [0.5, 0.6) is 5.75 Å². The second-order valence-electron chi connectivity index (χ2n) is 7.35. The van der Waals surface area contributed by atoms with Gasteiger partial charge in [0.15, 0.2) is 0 Å². The smallest absolute Gasteiger partial charge is 0.282 e. The summed E-state index contributed by atoms with van der Waals surface area (Å²) in [6.07, 6.45) is 3.33. The number of piperidine rings is 1. The van der Waals surface area contributed by atoms with Crippen molar-refractivity contribution in [1.82, 2.24) is 4.90 Å². The molecule has 28 heavy (non-hydrogen) atoms. The molecule has 2 aromatic rings. The Morgan fingerprint density at radius 1 is 0.964 bits per heavy atom. The average molecular weight is 397 g/mol. The molecule has 0 saturated carbocycles. The van der Waals surface area contributed by atoms with Gasteiger partial charge in [-0.05, 0) is 68.8 Å². The maximum Gasteiger partial charge on any atom is 0.282 e. The Hall–Kier alpha value is -2.60. The number of nitrogens with zero attached hydrogens (tertiary/aromatic N) is 2. The lowest BCUT2D eigenvalue weighted by Gasteiger charge is -2.29. The number of rotatable bonds is 5. The molecule has 2 amide bonds. The summed E-state index contributed by atoms with van der Waals surface area (Å²) in [5, 5.41) is 1.94. The number of carbonyl (C=O) groups excluding carboxylic acids is 2. The van der Waals surface area contributed by atoms with Crippen LogP contribution in [0, 0.1) is 0 Å². The molecule has 2 aliphatic heterocycles. The molecule has 4 rings (SSSR count). The lowest BCUT2D eigenvalue weighted by atomic mass is 10.1. The number of anilines is 1. The van der Waals surface area contributed by atoms with Gasteiger partial charge in [0.25, 0.3) is 11.8 Å². The predicted molar refractivity (Wildman–Crippen MR) is 111 cm³/mol. The molecule has 0 N–H and O–H groups in total. The van der Waals surface area contributed by atoms with Gasteiger partial charge in [-0.25, -0.2) is 4.90 Å². The van der Waals surface area contributed by atoms with Gasteiger partial charge in [0.1, 0.15) is 11.4 Å². The molecule has 6 heteroatoms. The van der Waals surface area contributed by atoms with Gasteiger partial charge in [0, 0.05) is 18.0 Å². The van der Waals surface area contributed by atoms with E-state index in [1.165, 1.54) is 22.7 Å². The lowest BCUT2D eigenvalue weighted by molar-refractivity contribution is -0.120. The monoisotopic (exact) mass is 396 g/mol. The Labute approximate surface area is 169 Å². The zero-order chi connectivity index (χ0) is 19.7. The van der Waals surface area contributed by atoms with Crippen molar-refractivity contribution in [3.63, 3.8) is 0 Å². The van der Waals surface area contributed by atoms with E-state index in [0.29, 0.717) is 17.0 Å². The Morgan fingerprint density at radius 2 is 1.68 bits per heavy atom. The molecule has 3 heterocycles. The summed E-state index contributed by atoms with van der Waals surface area (Å²) in [6.45, 7) is 5.56. The molecule has 1 aromatic carbocycles. The van der Waals surface area contributed by atoms with Crippen molar-refractivity contribution in [1.29, 1.82) is 0 Å². The van der Waals surface area contributed by atoms with Gasteiger partial charge in [-0.1, -0.05) is 6.07 Å². The van der Waals surface area contributed by atoms with Gasteiger partial charge < -0.3 is 9.64 Å². The molecule has 2 aliphatic rings. The third-order valence-electron chi connectivity index (χ3n) is 4.97. The topological polar surface area (TPSA) is 49.9 Å². The van der Waals surface area contributed by atoms with Crippen LogP contribution in [0.25, 0.3) is 5.57 Å². The first kappa shape index (κ1) is 18.7. The van der Waals surface area contributed by atoms with Crippen LogP contribution in [0.1, 0.15) is 38.0 Å². The minimum absolute atomic E-state index is 0.0682. The van der Waals surface area contributed by atoms with E-state index in [1.807, 2.05) is 31.4 Å². The molecular weight excluding hydrogens is 372 g/mol. The zero-order valence-electron chi connectivity index (χ0n) is 16.2. The minimum atomic E-state index is -0.245. The minimum Gasteiger partial charge on any atom is -0.491 e. The maximum atomic E-state index is 13.4. The van der Waals surface area contributed by atoms with Crippen LogP contribution in [0.15, 0.2) is 47.5 Å². The van der Waals surface area contributed by atoms with Crippen molar-refractivity contribution < 1.29 is 14.3 Å². The summed E-state index contributed by atoms with van der Waals surface area (Å²) in [7, 11) is 0. The van der Waals surface area contributed by atoms with Crippen LogP contribution >= 0.6 is 11.3 Å². The fourth-order valence-electron chi connectivity index (χ4n) is 3.75. The summed E-state index contributed by atoms with van der Waals surface area (Å²) in [5.74, 6) is 0.249. The highest BCUT2D eigenvalue weighted by Crippen LogP contribution is 2.37. The molecule has 0 aliphatic carbocycles. The SMILES string of the molecule is CC(C)Oc1ccc(N2C(=O)C(c3cccs3)=C(N3CCCCC3)C2=O)cc1. The zero-order valence-corrected chi connectivity index (χ0v) is 17.0. The lowest BCUT2D eigenvalue weighted by Crippen LogP contribution is -2.37. The fourth-order valence-corrected chi connectivity index (χ4v) is 4.52. The van der Waals surface area contributed by atoms with Crippen molar-refractivity contribution in [2.24, 2.45) is 0 Å². The highest BCUT2D eigenvalue weighted by molar-refractivity contribution is 7.11. The third kappa shape index (κ3) is 3.44. The van der Waals surface area contributed by atoms with Gasteiger partial charge in [0.2, 0.25) is 0 Å². The summed E-state index contributed by atoms with van der Waals surface area (Å²) in [6, 6.07) is 11.0. The van der Waals surface area contributed by atoms with E-state index in [9.17, 15) is 9.59 Å². The van der Waals surface area contributed by atoms with E-state index in [4.69, 9.17) is 4.74 Å². The van der Waals surface area contributed by atoms with Crippen molar-refractivity contribution in [3.8, 4) is 5.75 Å². The molecule has 1 aromatic heterocycles. The third-order valence-corrected chi connectivity index (χ3v) is 5.85. The van der Waals surface area contributed by atoms with Gasteiger partial charge in [0.05, 0.1) is 17.4 Å². The molecular formula is C22H24N2O3S. The van der Waals surface area contributed by atoms with Crippen molar-refractivity contribution in [2.75, 3.05) is 18.0 Å². The molecule has 0 unspecified atom stereocenters. The predicted octanol–water partition coefficient (Wildman–Crippen LogP) is 4.31.